The highest BCUT2D eigenvalue weighted by atomic mass is 16.2. The van der Waals surface area contributed by atoms with Crippen LogP contribution in [0.2, 0.25) is 0 Å². The maximum absolute atomic E-state index is 12.0. The predicted octanol–water partition coefficient (Wildman–Crippen LogP) is 0.808. The molecule has 1 saturated heterocycles. The second kappa shape index (κ2) is 7.08. The van der Waals surface area contributed by atoms with Gasteiger partial charge in [0.1, 0.15) is 0 Å². The first-order valence-electron chi connectivity index (χ1n) is 7.27. The lowest BCUT2D eigenvalue weighted by molar-refractivity contribution is -0.129. The van der Waals surface area contributed by atoms with Crippen LogP contribution >= 0.6 is 0 Å². The summed E-state index contributed by atoms with van der Waals surface area (Å²) >= 11 is 0. The maximum atomic E-state index is 12.0. The molecule has 1 aromatic carbocycles. The van der Waals surface area contributed by atoms with Gasteiger partial charge in [0.2, 0.25) is 11.8 Å². The number of benzene rings is 1. The third kappa shape index (κ3) is 4.19. The number of amides is 2. The Morgan fingerprint density at radius 2 is 2.33 bits per heavy atom. The molecule has 6 heteroatoms. The van der Waals surface area contributed by atoms with Gasteiger partial charge >= 0.3 is 0 Å². The second-order valence-electron chi connectivity index (χ2n) is 5.17. The summed E-state index contributed by atoms with van der Waals surface area (Å²) in [6.45, 7) is 4.00. The Hall–Kier alpha value is -2.08. The van der Waals surface area contributed by atoms with E-state index in [0.717, 1.165) is 13.0 Å². The average Bonchev–Trinajstić information content (AvgIpc) is 2.45. The van der Waals surface area contributed by atoms with Gasteiger partial charge in [-0.15, -0.1) is 0 Å². The molecule has 0 saturated carbocycles. The van der Waals surface area contributed by atoms with E-state index >= 15 is 0 Å². The third-order valence-electron chi connectivity index (χ3n) is 3.62. The number of nitrogens with zero attached hydrogens (tertiary/aromatic N) is 1. The summed E-state index contributed by atoms with van der Waals surface area (Å²) in [6, 6.07) is 6.97. The van der Waals surface area contributed by atoms with Crippen LogP contribution in [0.15, 0.2) is 24.3 Å². The van der Waals surface area contributed by atoms with E-state index in [0.29, 0.717) is 30.9 Å². The minimum absolute atomic E-state index is 0.0555. The third-order valence-corrected chi connectivity index (χ3v) is 3.62. The molecule has 0 aromatic heterocycles. The number of anilines is 2. The van der Waals surface area contributed by atoms with Crippen LogP contribution in [0.1, 0.15) is 19.8 Å². The Morgan fingerprint density at radius 3 is 3.05 bits per heavy atom. The van der Waals surface area contributed by atoms with E-state index in [9.17, 15) is 9.59 Å². The minimum Gasteiger partial charge on any atom is -0.399 e. The smallest absolute Gasteiger partial charge is 0.237 e. The van der Waals surface area contributed by atoms with Crippen molar-refractivity contribution >= 4 is 23.2 Å². The van der Waals surface area contributed by atoms with Gasteiger partial charge in [0.05, 0.1) is 6.04 Å². The first-order chi connectivity index (χ1) is 10.1. The fourth-order valence-corrected chi connectivity index (χ4v) is 2.56. The zero-order valence-corrected chi connectivity index (χ0v) is 12.3. The zero-order chi connectivity index (χ0) is 15.2. The van der Waals surface area contributed by atoms with Crippen molar-refractivity contribution < 1.29 is 9.59 Å². The highest BCUT2D eigenvalue weighted by Crippen LogP contribution is 2.13. The van der Waals surface area contributed by atoms with Crippen molar-refractivity contribution in [2.75, 3.05) is 30.7 Å². The van der Waals surface area contributed by atoms with Crippen molar-refractivity contribution in [1.82, 2.24) is 10.2 Å². The number of hydrogen-bond acceptors (Lipinski definition) is 4. The van der Waals surface area contributed by atoms with Crippen molar-refractivity contribution in [2.45, 2.75) is 25.8 Å². The molecule has 0 aliphatic carbocycles. The van der Waals surface area contributed by atoms with Gasteiger partial charge in [-0.3, -0.25) is 14.5 Å². The molecule has 2 rings (SSSR count). The molecule has 1 aromatic rings. The van der Waals surface area contributed by atoms with Crippen LogP contribution in [0.3, 0.4) is 0 Å². The van der Waals surface area contributed by atoms with Crippen molar-refractivity contribution in [3.63, 3.8) is 0 Å². The minimum atomic E-state index is -0.126. The predicted molar refractivity (Wildman–Crippen MR) is 82.8 cm³/mol. The molecular formula is C15H22N4O2. The van der Waals surface area contributed by atoms with Gasteiger partial charge in [-0.2, -0.15) is 0 Å². The van der Waals surface area contributed by atoms with Crippen LogP contribution < -0.4 is 16.4 Å². The summed E-state index contributed by atoms with van der Waals surface area (Å²) in [5, 5.41) is 5.67. The molecule has 114 valence electrons. The Bertz CT molecular complexity index is 518. The molecule has 0 spiro atoms. The molecule has 1 fully saturated rings. The molecule has 1 aliphatic rings. The van der Waals surface area contributed by atoms with Crippen molar-refractivity contribution in [3.8, 4) is 0 Å². The van der Waals surface area contributed by atoms with Gasteiger partial charge in [-0.05, 0) is 24.6 Å². The van der Waals surface area contributed by atoms with Gasteiger partial charge in [0.15, 0.2) is 0 Å². The molecule has 0 radical (unpaired) electrons. The molecule has 1 unspecified atom stereocenters. The lowest BCUT2D eigenvalue weighted by atomic mass is 10.1. The standard InChI is InChI=1S/C15H22N4O2/c1-2-13-15(21)17-7-9-19(13)8-6-14(20)18-12-5-3-4-11(16)10-12/h3-5,10,13H,2,6-9,16H2,1H3,(H,17,21)(H,18,20). The average molecular weight is 290 g/mol. The summed E-state index contributed by atoms with van der Waals surface area (Å²) in [4.78, 5) is 25.8. The van der Waals surface area contributed by atoms with Gasteiger partial charge < -0.3 is 16.4 Å². The Kier molecular flexibility index (Phi) is 5.16. The molecule has 1 heterocycles. The van der Waals surface area contributed by atoms with Gasteiger partial charge in [-0.1, -0.05) is 13.0 Å². The molecule has 1 atom stereocenters. The topological polar surface area (TPSA) is 87.5 Å². The van der Waals surface area contributed by atoms with E-state index in [-0.39, 0.29) is 17.9 Å². The normalized spacial score (nSPS) is 19.1. The van der Waals surface area contributed by atoms with E-state index in [1.54, 1.807) is 24.3 Å². The monoisotopic (exact) mass is 290 g/mol. The van der Waals surface area contributed by atoms with Crippen LogP contribution in [-0.4, -0.2) is 42.4 Å². The molecule has 4 N–H and O–H groups in total. The van der Waals surface area contributed by atoms with Crippen LogP contribution in [0, 0.1) is 0 Å². The number of nitrogen functional groups attached to an aromatic ring is 1. The summed E-state index contributed by atoms with van der Waals surface area (Å²) < 4.78 is 0. The quantitative estimate of drug-likeness (QED) is 0.700. The number of carbonyl (C=O) groups excluding carboxylic acids is 2. The maximum Gasteiger partial charge on any atom is 0.237 e. The summed E-state index contributed by atoms with van der Waals surface area (Å²) in [5.41, 5.74) is 6.99. The summed E-state index contributed by atoms with van der Waals surface area (Å²) in [5.74, 6) is -0.0126. The second-order valence-corrected chi connectivity index (χ2v) is 5.17. The number of piperazine rings is 1. The van der Waals surface area contributed by atoms with Crippen molar-refractivity contribution in [1.29, 1.82) is 0 Å². The highest BCUT2D eigenvalue weighted by Gasteiger charge is 2.27. The number of carbonyl (C=O) groups is 2. The van der Waals surface area contributed by atoms with Crippen molar-refractivity contribution in [3.05, 3.63) is 24.3 Å². The fourth-order valence-electron chi connectivity index (χ4n) is 2.56. The van der Waals surface area contributed by atoms with Gasteiger partial charge in [0.25, 0.3) is 0 Å². The van der Waals surface area contributed by atoms with Gasteiger partial charge in [-0.25, -0.2) is 0 Å². The molecule has 21 heavy (non-hydrogen) atoms. The first kappa shape index (κ1) is 15.3. The lowest BCUT2D eigenvalue weighted by Crippen LogP contribution is -2.55. The van der Waals surface area contributed by atoms with E-state index in [1.807, 2.05) is 6.92 Å². The Morgan fingerprint density at radius 1 is 1.52 bits per heavy atom. The number of hydrogen-bond donors (Lipinski definition) is 3. The largest absolute Gasteiger partial charge is 0.399 e. The molecule has 0 bridgehead atoms. The van der Waals surface area contributed by atoms with E-state index in [1.165, 1.54) is 0 Å². The molecule has 2 amide bonds. The molecule has 6 nitrogen and oxygen atoms in total. The van der Waals surface area contributed by atoms with Crippen LogP contribution in [-0.2, 0) is 9.59 Å². The Labute approximate surface area is 124 Å². The van der Waals surface area contributed by atoms with E-state index in [4.69, 9.17) is 5.73 Å². The zero-order valence-electron chi connectivity index (χ0n) is 12.3. The summed E-state index contributed by atoms with van der Waals surface area (Å²) in [7, 11) is 0. The highest BCUT2D eigenvalue weighted by molar-refractivity contribution is 5.91. The number of nitrogens with two attached hydrogens (primary N) is 1. The van der Waals surface area contributed by atoms with E-state index < -0.39 is 0 Å². The van der Waals surface area contributed by atoms with Crippen LogP contribution in [0.5, 0.6) is 0 Å². The Balaban J connectivity index is 1.84. The lowest BCUT2D eigenvalue weighted by Gasteiger charge is -2.34. The van der Waals surface area contributed by atoms with Crippen LogP contribution in [0.25, 0.3) is 0 Å². The summed E-state index contributed by atoms with van der Waals surface area (Å²) in [6.07, 6.45) is 1.11. The first-order valence-corrected chi connectivity index (χ1v) is 7.27. The van der Waals surface area contributed by atoms with Crippen LogP contribution in [0.4, 0.5) is 11.4 Å². The number of nitrogens with one attached hydrogen (secondary N) is 2. The molecular weight excluding hydrogens is 268 g/mol. The van der Waals surface area contributed by atoms with Gasteiger partial charge in [0, 0.05) is 37.4 Å². The van der Waals surface area contributed by atoms with E-state index in [2.05, 4.69) is 15.5 Å². The fraction of sp³-hybridized carbons (Fsp3) is 0.467. The number of rotatable bonds is 5. The van der Waals surface area contributed by atoms with Crippen molar-refractivity contribution in [2.24, 2.45) is 0 Å². The molecule has 1 aliphatic heterocycles. The SMILES string of the molecule is CCC1C(=O)NCCN1CCC(=O)Nc1cccc(N)c1.